The monoisotopic (exact) mass is 272 g/mol. The van der Waals surface area contributed by atoms with Crippen molar-refractivity contribution in [3.63, 3.8) is 0 Å². The molecule has 0 bridgehead atoms. The number of aromatic nitrogens is 3. The lowest BCUT2D eigenvalue weighted by Gasteiger charge is -1.96. The van der Waals surface area contributed by atoms with Crippen molar-refractivity contribution in [1.82, 2.24) is 14.9 Å². The molecule has 4 nitrogen and oxygen atoms in total. The van der Waals surface area contributed by atoms with E-state index in [9.17, 15) is 0 Å². The van der Waals surface area contributed by atoms with Crippen LogP contribution in [0.5, 0.6) is 0 Å². The lowest BCUT2D eigenvalue weighted by molar-refractivity contribution is 0.863. The van der Waals surface area contributed by atoms with Gasteiger partial charge >= 0.3 is 0 Å². The van der Waals surface area contributed by atoms with E-state index in [1.165, 1.54) is 11.0 Å². The second-order valence-corrected chi connectivity index (χ2v) is 4.13. The van der Waals surface area contributed by atoms with E-state index in [4.69, 9.17) is 35.4 Å². The third kappa shape index (κ3) is 2.49. The van der Waals surface area contributed by atoms with Crippen molar-refractivity contribution in [2.75, 3.05) is 0 Å². The van der Waals surface area contributed by atoms with Crippen molar-refractivity contribution in [2.45, 2.75) is 0 Å². The number of H-pyrrole nitrogens is 1. The van der Waals surface area contributed by atoms with Crippen molar-refractivity contribution >= 4 is 41.6 Å². The van der Waals surface area contributed by atoms with Crippen molar-refractivity contribution in [3.8, 4) is 0 Å². The summed E-state index contributed by atoms with van der Waals surface area (Å²) in [6.45, 7) is 0. The minimum atomic E-state index is 0.427. The Kier molecular flexibility index (Phi) is 3.38. The molecule has 1 aromatic heterocycles. The third-order valence-electron chi connectivity index (χ3n) is 1.81. The average molecular weight is 273 g/mol. The molecule has 0 aliphatic carbocycles. The van der Waals surface area contributed by atoms with Gasteiger partial charge in [0.2, 0.25) is 4.77 Å². The van der Waals surface area contributed by atoms with Crippen LogP contribution < -0.4 is 0 Å². The summed E-state index contributed by atoms with van der Waals surface area (Å²) >= 11 is 16.6. The van der Waals surface area contributed by atoms with Gasteiger partial charge in [0.15, 0.2) is 0 Å². The van der Waals surface area contributed by atoms with Gasteiger partial charge in [0.05, 0.1) is 16.3 Å². The van der Waals surface area contributed by atoms with E-state index in [1.807, 2.05) is 0 Å². The summed E-state index contributed by atoms with van der Waals surface area (Å²) in [6.07, 6.45) is 3.10. The van der Waals surface area contributed by atoms with E-state index >= 15 is 0 Å². The van der Waals surface area contributed by atoms with Crippen molar-refractivity contribution in [3.05, 3.63) is 44.9 Å². The molecule has 0 amide bonds. The Balaban J connectivity index is 2.27. The summed E-state index contributed by atoms with van der Waals surface area (Å²) in [5.41, 5.74) is 0.831. The average Bonchev–Trinajstić information content (AvgIpc) is 2.66. The van der Waals surface area contributed by atoms with Gasteiger partial charge < -0.3 is 0 Å². The highest BCUT2D eigenvalue weighted by molar-refractivity contribution is 7.71. The maximum absolute atomic E-state index is 5.87. The highest BCUT2D eigenvalue weighted by Crippen LogP contribution is 2.21. The fraction of sp³-hybridized carbons (Fsp3) is 0. The van der Waals surface area contributed by atoms with Crippen LogP contribution in [0.3, 0.4) is 0 Å². The van der Waals surface area contributed by atoms with Gasteiger partial charge in [-0.15, -0.1) is 0 Å². The Bertz CT molecular complexity index is 587. The first kappa shape index (κ1) is 11.3. The second kappa shape index (κ2) is 4.78. The summed E-state index contributed by atoms with van der Waals surface area (Å²) in [7, 11) is 0. The van der Waals surface area contributed by atoms with Gasteiger partial charge in [-0.25, -0.2) is 0 Å². The van der Waals surface area contributed by atoms with E-state index in [0.29, 0.717) is 14.8 Å². The molecule has 2 aromatic rings. The molecule has 0 saturated heterocycles. The van der Waals surface area contributed by atoms with Gasteiger partial charge in [-0.05, 0) is 29.9 Å². The summed E-state index contributed by atoms with van der Waals surface area (Å²) in [5, 5.41) is 11.4. The summed E-state index contributed by atoms with van der Waals surface area (Å²) in [4.78, 5) is 0. The van der Waals surface area contributed by atoms with Crippen molar-refractivity contribution < 1.29 is 0 Å². The van der Waals surface area contributed by atoms with Gasteiger partial charge in [0, 0.05) is 0 Å². The van der Waals surface area contributed by atoms with Crippen molar-refractivity contribution in [2.24, 2.45) is 5.10 Å². The van der Waals surface area contributed by atoms with Gasteiger partial charge in [-0.3, -0.25) is 5.10 Å². The molecule has 0 radical (unpaired) electrons. The molecule has 0 saturated carbocycles. The van der Waals surface area contributed by atoms with Crippen LogP contribution in [0.2, 0.25) is 10.0 Å². The fourth-order valence-electron chi connectivity index (χ4n) is 1.05. The second-order valence-electron chi connectivity index (χ2n) is 2.92. The number of rotatable bonds is 2. The van der Waals surface area contributed by atoms with Crippen LogP contribution in [0.25, 0.3) is 0 Å². The largest absolute Gasteiger partial charge is 0.250 e. The Morgan fingerprint density at radius 3 is 2.81 bits per heavy atom. The van der Waals surface area contributed by atoms with Crippen LogP contribution >= 0.6 is 35.4 Å². The minimum absolute atomic E-state index is 0.427. The number of aromatic amines is 1. The van der Waals surface area contributed by atoms with Gasteiger partial charge in [0.1, 0.15) is 6.33 Å². The molecule has 82 valence electrons. The molecule has 0 atom stereocenters. The Hall–Kier alpha value is -1.17. The Morgan fingerprint density at radius 2 is 2.19 bits per heavy atom. The van der Waals surface area contributed by atoms with Crippen LogP contribution in [0.4, 0.5) is 0 Å². The number of hydrogen-bond donors (Lipinski definition) is 1. The van der Waals surface area contributed by atoms with Gasteiger partial charge in [0.25, 0.3) is 0 Å². The number of halogens is 2. The Morgan fingerprint density at radius 1 is 1.38 bits per heavy atom. The van der Waals surface area contributed by atoms with E-state index in [1.54, 1.807) is 24.4 Å². The standard InChI is InChI=1S/C9H6Cl2N4S/c10-7-2-1-6(3-8(7)11)4-13-15-5-12-14-9(15)16/h1-5H,(H,14,16)/b13-4-. The van der Waals surface area contributed by atoms with Crippen LogP contribution in [-0.2, 0) is 0 Å². The minimum Gasteiger partial charge on any atom is -0.250 e. The van der Waals surface area contributed by atoms with E-state index < -0.39 is 0 Å². The number of hydrogen-bond acceptors (Lipinski definition) is 3. The molecular formula is C9H6Cl2N4S. The zero-order valence-electron chi connectivity index (χ0n) is 7.89. The lowest BCUT2D eigenvalue weighted by Crippen LogP contribution is -1.89. The zero-order valence-corrected chi connectivity index (χ0v) is 10.2. The molecule has 2 rings (SSSR count). The topological polar surface area (TPSA) is 46.0 Å². The summed E-state index contributed by atoms with van der Waals surface area (Å²) in [5.74, 6) is 0. The molecular weight excluding hydrogens is 267 g/mol. The highest BCUT2D eigenvalue weighted by atomic mass is 35.5. The Labute approximate surface area is 107 Å². The van der Waals surface area contributed by atoms with Crippen molar-refractivity contribution in [1.29, 1.82) is 0 Å². The summed E-state index contributed by atoms with van der Waals surface area (Å²) in [6, 6.07) is 5.23. The number of nitrogens with one attached hydrogen (secondary N) is 1. The number of benzene rings is 1. The highest BCUT2D eigenvalue weighted by Gasteiger charge is 1.97. The molecule has 1 N–H and O–H groups in total. The molecule has 7 heteroatoms. The van der Waals surface area contributed by atoms with E-state index in [-0.39, 0.29) is 0 Å². The maximum atomic E-state index is 5.87. The SMILES string of the molecule is S=c1[nH]ncn1/N=C\c1ccc(Cl)c(Cl)c1. The summed E-state index contributed by atoms with van der Waals surface area (Å²) < 4.78 is 1.87. The van der Waals surface area contributed by atoms with Crippen LogP contribution in [0.15, 0.2) is 29.6 Å². The number of nitrogens with zero attached hydrogens (tertiary/aromatic N) is 3. The molecule has 0 fully saturated rings. The molecule has 1 heterocycles. The van der Waals surface area contributed by atoms with Gasteiger partial charge in [-0.1, -0.05) is 29.3 Å². The zero-order chi connectivity index (χ0) is 11.5. The lowest BCUT2D eigenvalue weighted by atomic mass is 10.2. The van der Waals surface area contributed by atoms with E-state index in [2.05, 4.69) is 15.3 Å². The molecule has 0 aliphatic rings. The predicted octanol–water partition coefficient (Wildman–Crippen LogP) is 3.13. The first-order valence-corrected chi connectivity index (χ1v) is 5.44. The molecule has 1 aromatic carbocycles. The molecule has 0 aliphatic heterocycles. The third-order valence-corrected chi connectivity index (χ3v) is 2.83. The van der Waals surface area contributed by atoms with Crippen LogP contribution in [-0.4, -0.2) is 21.1 Å². The maximum Gasteiger partial charge on any atom is 0.216 e. The molecule has 0 unspecified atom stereocenters. The normalized spacial score (nSPS) is 11.1. The molecule has 16 heavy (non-hydrogen) atoms. The molecule has 0 spiro atoms. The first-order valence-electron chi connectivity index (χ1n) is 4.28. The fourth-order valence-corrected chi connectivity index (χ4v) is 1.50. The quantitative estimate of drug-likeness (QED) is 0.675. The first-order chi connectivity index (χ1) is 7.66. The smallest absolute Gasteiger partial charge is 0.216 e. The van der Waals surface area contributed by atoms with E-state index in [0.717, 1.165) is 5.56 Å². The predicted molar refractivity (Wildman–Crippen MR) is 66.9 cm³/mol. The van der Waals surface area contributed by atoms with Crippen LogP contribution in [0.1, 0.15) is 5.56 Å². The van der Waals surface area contributed by atoms with Gasteiger partial charge in [-0.2, -0.15) is 14.9 Å². The van der Waals surface area contributed by atoms with Crippen LogP contribution in [0, 0.1) is 4.77 Å².